The van der Waals surface area contributed by atoms with Gasteiger partial charge in [0.15, 0.2) is 11.9 Å². The van der Waals surface area contributed by atoms with E-state index in [9.17, 15) is 33.5 Å². The summed E-state index contributed by atoms with van der Waals surface area (Å²) >= 11 is 0. The molecule has 3 atom stereocenters. The number of unbranched alkanes of at least 4 members (excludes halogenated alkanes) is 16. The van der Waals surface area contributed by atoms with Crippen LogP contribution in [0.3, 0.4) is 0 Å². The third-order valence-electron chi connectivity index (χ3n) is 8.47. The lowest BCUT2D eigenvalue weighted by Gasteiger charge is -2.20. The van der Waals surface area contributed by atoms with E-state index in [1.165, 1.54) is 38.5 Å². The molecular formula is C40H72O14P2. The Labute approximate surface area is 335 Å². The summed E-state index contributed by atoms with van der Waals surface area (Å²) in [7, 11) is -9.71. The summed E-state index contributed by atoms with van der Waals surface area (Å²) in [6.45, 7) is 1.54. The summed E-state index contributed by atoms with van der Waals surface area (Å²) in [4.78, 5) is 64.6. The van der Waals surface area contributed by atoms with E-state index in [0.717, 1.165) is 77.0 Å². The van der Waals surface area contributed by atoms with Crippen LogP contribution in [0.4, 0.5) is 0 Å². The molecule has 0 spiro atoms. The zero-order valence-electron chi connectivity index (χ0n) is 34.0. The minimum atomic E-state index is -4.88. The van der Waals surface area contributed by atoms with Crippen molar-refractivity contribution in [2.45, 2.75) is 174 Å². The number of carbonyl (C=O) groups excluding carboxylic acids is 3. The largest absolute Gasteiger partial charge is 0.472 e. The number of ether oxygens (including phenoxy) is 2. The highest BCUT2D eigenvalue weighted by Gasteiger charge is 2.28. The molecule has 0 amide bonds. The first-order chi connectivity index (χ1) is 26.8. The SMILES string of the molecule is CCCCC/C=C\C=C\C(=O)CCCCCCCC(=O)O[C@H](COC(=O)CCCCCCC/C=C\CCCCCC)COP(=O)(O)OC[C@@H](O)COP(=O)(O)O. The van der Waals surface area contributed by atoms with Gasteiger partial charge in [0.25, 0.3) is 0 Å². The van der Waals surface area contributed by atoms with E-state index in [-0.39, 0.29) is 18.6 Å². The number of rotatable bonds is 39. The second-order valence-corrected chi connectivity index (χ2v) is 16.6. The van der Waals surface area contributed by atoms with Gasteiger partial charge < -0.3 is 29.3 Å². The summed E-state index contributed by atoms with van der Waals surface area (Å²) in [5.41, 5.74) is 0. The van der Waals surface area contributed by atoms with Crippen LogP contribution in [-0.4, -0.2) is 76.1 Å². The van der Waals surface area contributed by atoms with Gasteiger partial charge in [0.2, 0.25) is 0 Å². The lowest BCUT2D eigenvalue weighted by Crippen LogP contribution is -2.30. The maximum absolute atomic E-state index is 12.6. The first-order valence-electron chi connectivity index (χ1n) is 20.6. The standard InChI is InChI=1S/C40H72O14P2/c1-3-5-7-9-11-12-13-14-15-16-18-22-26-30-39(43)50-34-38(35-53-56(48,49)52-33-37(42)32-51-55(45,46)47)54-40(44)31-27-23-19-21-25-29-36(41)28-24-20-17-10-8-6-4-2/h12-13,17,20,24,28,37-38,42H,3-11,14-16,18-19,21-23,25-27,29-35H2,1-2H3,(H,48,49)(H2,45,46,47)/b13-12-,20-17-,28-24+/t37-,38+/m0/s1. The topological polar surface area (TPSA) is 212 Å². The zero-order chi connectivity index (χ0) is 41.8. The van der Waals surface area contributed by atoms with Crippen LogP contribution in [0.25, 0.3) is 0 Å². The molecular weight excluding hydrogens is 766 g/mol. The quantitative estimate of drug-likeness (QED) is 0.0113. The molecule has 0 heterocycles. The number of esters is 2. The minimum Gasteiger partial charge on any atom is -0.462 e. The number of allylic oxidation sites excluding steroid dienone is 6. The Bertz CT molecular complexity index is 1200. The lowest BCUT2D eigenvalue weighted by atomic mass is 10.1. The monoisotopic (exact) mass is 838 g/mol. The maximum Gasteiger partial charge on any atom is 0.472 e. The van der Waals surface area contributed by atoms with Crippen LogP contribution in [0, 0.1) is 0 Å². The zero-order valence-corrected chi connectivity index (χ0v) is 35.8. The number of aliphatic hydroxyl groups excluding tert-OH is 1. The number of ketones is 1. The Morgan fingerprint density at radius 1 is 0.554 bits per heavy atom. The number of hydrogen-bond donors (Lipinski definition) is 4. The Balaban J connectivity index is 4.65. The second kappa shape index (κ2) is 36.1. The van der Waals surface area contributed by atoms with Crippen LogP contribution in [0.5, 0.6) is 0 Å². The Kier molecular flexibility index (Phi) is 34.8. The summed E-state index contributed by atoms with van der Waals surface area (Å²) in [5.74, 6) is -1.06. The van der Waals surface area contributed by atoms with Crippen LogP contribution in [0.2, 0.25) is 0 Å². The Morgan fingerprint density at radius 2 is 1.04 bits per heavy atom. The van der Waals surface area contributed by atoms with Crippen LogP contribution in [0.15, 0.2) is 36.5 Å². The molecule has 0 aromatic rings. The lowest BCUT2D eigenvalue weighted by molar-refractivity contribution is -0.161. The van der Waals surface area contributed by atoms with Crippen LogP contribution in [0.1, 0.15) is 162 Å². The summed E-state index contributed by atoms with van der Waals surface area (Å²) in [6.07, 6.45) is 29.6. The smallest absolute Gasteiger partial charge is 0.462 e. The molecule has 0 aliphatic heterocycles. The molecule has 0 aliphatic carbocycles. The molecule has 1 unspecified atom stereocenters. The Hall–Kier alpha value is -1.99. The molecule has 56 heavy (non-hydrogen) atoms. The van der Waals surface area contributed by atoms with Crippen molar-refractivity contribution in [3.8, 4) is 0 Å². The van der Waals surface area contributed by atoms with E-state index in [1.807, 2.05) is 6.08 Å². The highest BCUT2D eigenvalue weighted by Crippen LogP contribution is 2.43. The molecule has 0 aromatic carbocycles. The van der Waals surface area contributed by atoms with Crippen molar-refractivity contribution in [3.05, 3.63) is 36.5 Å². The third-order valence-corrected chi connectivity index (χ3v) is 9.90. The predicted molar refractivity (Wildman–Crippen MR) is 217 cm³/mol. The van der Waals surface area contributed by atoms with E-state index < -0.39 is 66.2 Å². The van der Waals surface area contributed by atoms with Gasteiger partial charge in [0.1, 0.15) is 12.7 Å². The van der Waals surface area contributed by atoms with Gasteiger partial charge in [0.05, 0.1) is 19.8 Å². The van der Waals surface area contributed by atoms with Crippen LogP contribution in [-0.2, 0) is 46.6 Å². The van der Waals surface area contributed by atoms with Crippen molar-refractivity contribution in [2.24, 2.45) is 0 Å². The van der Waals surface area contributed by atoms with Gasteiger partial charge in [0, 0.05) is 19.3 Å². The first kappa shape index (κ1) is 54.0. The summed E-state index contributed by atoms with van der Waals surface area (Å²) < 4.78 is 47.6. The van der Waals surface area contributed by atoms with Gasteiger partial charge in [-0.05, 0) is 63.9 Å². The van der Waals surface area contributed by atoms with E-state index in [1.54, 1.807) is 12.2 Å². The van der Waals surface area contributed by atoms with E-state index >= 15 is 0 Å². The molecule has 326 valence electrons. The molecule has 0 aromatic heterocycles. The molecule has 0 saturated heterocycles. The summed E-state index contributed by atoms with van der Waals surface area (Å²) in [6, 6.07) is 0. The van der Waals surface area contributed by atoms with Crippen molar-refractivity contribution >= 4 is 33.4 Å². The van der Waals surface area contributed by atoms with Crippen molar-refractivity contribution in [2.75, 3.05) is 26.4 Å². The molecule has 0 saturated carbocycles. The fourth-order valence-electron chi connectivity index (χ4n) is 5.26. The summed E-state index contributed by atoms with van der Waals surface area (Å²) in [5, 5.41) is 9.72. The molecule has 0 rings (SSSR count). The van der Waals surface area contributed by atoms with Crippen molar-refractivity contribution in [3.63, 3.8) is 0 Å². The molecule has 4 N–H and O–H groups in total. The molecule has 0 radical (unpaired) electrons. The van der Waals surface area contributed by atoms with Gasteiger partial charge in [-0.25, -0.2) is 9.13 Å². The molecule has 14 nitrogen and oxygen atoms in total. The third kappa shape index (κ3) is 38.9. The first-order valence-corrected chi connectivity index (χ1v) is 23.7. The van der Waals surface area contributed by atoms with Gasteiger partial charge in [-0.1, -0.05) is 115 Å². The van der Waals surface area contributed by atoms with Crippen molar-refractivity contribution in [1.82, 2.24) is 0 Å². The fourth-order valence-corrected chi connectivity index (χ4v) is 6.42. The molecule has 0 bridgehead atoms. The van der Waals surface area contributed by atoms with Gasteiger partial charge >= 0.3 is 27.6 Å². The highest BCUT2D eigenvalue weighted by atomic mass is 31.2. The fraction of sp³-hybridized carbons (Fsp3) is 0.775. The van der Waals surface area contributed by atoms with E-state index in [2.05, 4.69) is 41.1 Å². The second-order valence-electron chi connectivity index (χ2n) is 13.9. The van der Waals surface area contributed by atoms with E-state index in [4.69, 9.17) is 23.8 Å². The van der Waals surface area contributed by atoms with Gasteiger partial charge in [-0.3, -0.25) is 28.0 Å². The number of phosphoric ester groups is 2. The number of phosphoric acid groups is 2. The molecule has 0 fully saturated rings. The van der Waals surface area contributed by atoms with Crippen molar-refractivity contribution in [1.29, 1.82) is 0 Å². The molecule has 0 aliphatic rings. The van der Waals surface area contributed by atoms with Crippen LogP contribution >= 0.6 is 15.6 Å². The Morgan fingerprint density at radius 3 is 1.66 bits per heavy atom. The predicted octanol–water partition coefficient (Wildman–Crippen LogP) is 9.29. The van der Waals surface area contributed by atoms with Crippen LogP contribution < -0.4 is 0 Å². The normalized spacial score (nSPS) is 14.4. The van der Waals surface area contributed by atoms with Gasteiger partial charge in [-0.2, -0.15) is 0 Å². The number of carbonyl (C=O) groups is 3. The highest BCUT2D eigenvalue weighted by molar-refractivity contribution is 7.47. The average molecular weight is 839 g/mol. The number of hydrogen-bond acceptors (Lipinski definition) is 11. The van der Waals surface area contributed by atoms with E-state index in [0.29, 0.717) is 19.3 Å². The maximum atomic E-state index is 12.6. The molecule has 16 heteroatoms. The minimum absolute atomic E-state index is 0.0461. The van der Waals surface area contributed by atoms with Crippen molar-refractivity contribution < 1.29 is 66.3 Å². The number of aliphatic hydroxyl groups is 1. The average Bonchev–Trinajstić information content (AvgIpc) is 3.15. The van der Waals surface area contributed by atoms with Gasteiger partial charge in [-0.15, -0.1) is 0 Å².